The van der Waals surface area contributed by atoms with Gasteiger partial charge in [0.2, 0.25) is 5.56 Å². The number of amides is 1. The van der Waals surface area contributed by atoms with E-state index in [4.69, 9.17) is 5.11 Å². The maximum atomic E-state index is 11.9. The number of carboxylic acid groups (broad SMARTS) is 1. The lowest BCUT2D eigenvalue weighted by atomic mass is 10.2. The molecule has 0 bridgehead atoms. The first kappa shape index (κ1) is 14.3. The van der Waals surface area contributed by atoms with Crippen molar-refractivity contribution >= 4 is 23.6 Å². The summed E-state index contributed by atoms with van der Waals surface area (Å²) in [5.74, 6) is -1.37. The van der Waals surface area contributed by atoms with E-state index in [-0.39, 0.29) is 11.5 Å². The van der Waals surface area contributed by atoms with E-state index in [1.54, 1.807) is 24.3 Å². The zero-order valence-corrected chi connectivity index (χ0v) is 10.9. The van der Waals surface area contributed by atoms with Crippen LogP contribution in [0.3, 0.4) is 0 Å². The largest absolute Gasteiger partial charge is 0.478 e. The Labute approximate surface area is 119 Å². The van der Waals surface area contributed by atoms with E-state index in [0.29, 0.717) is 16.8 Å². The fourth-order valence-electron chi connectivity index (χ4n) is 1.60. The molecule has 0 saturated carbocycles. The lowest BCUT2D eigenvalue weighted by Crippen LogP contribution is -2.14. The van der Waals surface area contributed by atoms with Gasteiger partial charge in [-0.3, -0.25) is 9.59 Å². The molecule has 1 aromatic carbocycles. The molecule has 1 heterocycles. The molecule has 3 N–H and O–H groups in total. The molecule has 0 aliphatic rings. The van der Waals surface area contributed by atoms with Gasteiger partial charge in [-0.15, -0.1) is 0 Å². The minimum Gasteiger partial charge on any atom is -0.478 e. The molecular formula is C15H12N2O4. The van der Waals surface area contributed by atoms with Crippen molar-refractivity contribution in [3.05, 3.63) is 70.2 Å². The average molecular weight is 284 g/mol. The number of carbonyl (C=O) groups excluding carboxylic acids is 1. The lowest BCUT2D eigenvalue weighted by molar-refractivity contribution is -0.131. The number of carboxylic acids is 1. The average Bonchev–Trinajstić information content (AvgIpc) is 2.47. The van der Waals surface area contributed by atoms with Gasteiger partial charge in [0.05, 0.1) is 5.56 Å². The number of H-pyrrole nitrogens is 1. The molecule has 0 radical (unpaired) electrons. The van der Waals surface area contributed by atoms with Crippen LogP contribution in [0.5, 0.6) is 0 Å². The third kappa shape index (κ3) is 4.17. The van der Waals surface area contributed by atoms with Crippen LogP contribution in [0.25, 0.3) is 6.08 Å². The number of pyridine rings is 1. The van der Waals surface area contributed by atoms with Crippen molar-refractivity contribution in [1.82, 2.24) is 4.98 Å². The molecule has 1 amide bonds. The third-order valence-corrected chi connectivity index (χ3v) is 2.63. The number of aromatic nitrogens is 1. The second kappa shape index (κ2) is 6.33. The van der Waals surface area contributed by atoms with Gasteiger partial charge in [0.1, 0.15) is 0 Å². The minimum absolute atomic E-state index is 0.277. The smallest absolute Gasteiger partial charge is 0.328 e. The second-order valence-electron chi connectivity index (χ2n) is 4.19. The summed E-state index contributed by atoms with van der Waals surface area (Å²) in [6.07, 6.45) is 3.82. The Morgan fingerprint density at radius 2 is 1.81 bits per heavy atom. The maximum absolute atomic E-state index is 11.9. The van der Waals surface area contributed by atoms with E-state index in [2.05, 4.69) is 10.3 Å². The molecule has 6 heteroatoms. The molecule has 2 rings (SSSR count). The highest BCUT2D eigenvalue weighted by Crippen LogP contribution is 2.12. The standard InChI is InChI=1S/C15H12N2O4/c18-13-7-4-11(9-16-13)15(21)17-12-5-1-10(2-6-12)3-8-14(19)20/h1-9H,(H,16,18)(H,17,21)(H,19,20). The van der Waals surface area contributed by atoms with Crippen LogP contribution in [-0.2, 0) is 4.79 Å². The fraction of sp³-hybridized carbons (Fsp3) is 0. The molecule has 2 aromatic rings. The van der Waals surface area contributed by atoms with Gasteiger partial charge in [-0.25, -0.2) is 4.79 Å². The third-order valence-electron chi connectivity index (χ3n) is 2.63. The normalized spacial score (nSPS) is 10.5. The molecule has 106 valence electrons. The number of rotatable bonds is 4. The number of aliphatic carboxylic acids is 1. The summed E-state index contributed by atoms with van der Waals surface area (Å²) in [4.78, 5) is 35.6. The number of hydrogen-bond donors (Lipinski definition) is 3. The van der Waals surface area contributed by atoms with Gasteiger partial charge in [0.25, 0.3) is 5.91 Å². The van der Waals surface area contributed by atoms with E-state index in [9.17, 15) is 14.4 Å². The maximum Gasteiger partial charge on any atom is 0.328 e. The highest BCUT2D eigenvalue weighted by atomic mass is 16.4. The number of benzene rings is 1. The summed E-state index contributed by atoms with van der Waals surface area (Å²) >= 11 is 0. The van der Waals surface area contributed by atoms with Crippen LogP contribution in [0.2, 0.25) is 0 Å². The molecule has 0 unspecified atom stereocenters. The van der Waals surface area contributed by atoms with Gasteiger partial charge in [-0.05, 0) is 29.8 Å². The van der Waals surface area contributed by atoms with Gasteiger partial charge in [0, 0.05) is 24.0 Å². The second-order valence-corrected chi connectivity index (χ2v) is 4.19. The van der Waals surface area contributed by atoms with Crippen molar-refractivity contribution < 1.29 is 14.7 Å². The fourth-order valence-corrected chi connectivity index (χ4v) is 1.60. The van der Waals surface area contributed by atoms with E-state index in [0.717, 1.165) is 6.08 Å². The molecular weight excluding hydrogens is 272 g/mol. The van der Waals surface area contributed by atoms with Crippen molar-refractivity contribution in [3.63, 3.8) is 0 Å². The number of aromatic amines is 1. The van der Waals surface area contributed by atoms with Crippen LogP contribution in [0, 0.1) is 0 Å². The van der Waals surface area contributed by atoms with Crippen LogP contribution in [0.1, 0.15) is 15.9 Å². The Balaban J connectivity index is 2.06. The Morgan fingerprint density at radius 1 is 1.10 bits per heavy atom. The summed E-state index contributed by atoms with van der Waals surface area (Å²) in [6.45, 7) is 0. The Morgan fingerprint density at radius 3 is 2.38 bits per heavy atom. The van der Waals surface area contributed by atoms with Crippen LogP contribution in [0.15, 0.2) is 53.5 Å². The van der Waals surface area contributed by atoms with Crippen molar-refractivity contribution in [2.75, 3.05) is 5.32 Å². The van der Waals surface area contributed by atoms with Crippen molar-refractivity contribution in [3.8, 4) is 0 Å². The molecule has 0 fully saturated rings. The molecule has 1 aromatic heterocycles. The van der Waals surface area contributed by atoms with E-state index in [1.165, 1.54) is 24.4 Å². The molecule has 0 aliphatic heterocycles. The quantitative estimate of drug-likeness (QED) is 0.744. The molecule has 0 aliphatic carbocycles. The molecule has 6 nitrogen and oxygen atoms in total. The lowest BCUT2D eigenvalue weighted by Gasteiger charge is -2.05. The minimum atomic E-state index is -1.02. The van der Waals surface area contributed by atoms with E-state index >= 15 is 0 Å². The zero-order valence-electron chi connectivity index (χ0n) is 10.9. The van der Waals surface area contributed by atoms with Gasteiger partial charge in [0.15, 0.2) is 0 Å². The Kier molecular flexibility index (Phi) is 4.30. The van der Waals surface area contributed by atoms with E-state index in [1.807, 2.05) is 0 Å². The highest BCUT2D eigenvalue weighted by Gasteiger charge is 2.05. The van der Waals surface area contributed by atoms with Crippen molar-refractivity contribution in [2.24, 2.45) is 0 Å². The number of nitrogens with one attached hydrogen (secondary N) is 2. The first-order chi connectivity index (χ1) is 10.0. The van der Waals surface area contributed by atoms with Gasteiger partial charge in [-0.2, -0.15) is 0 Å². The van der Waals surface area contributed by atoms with Crippen molar-refractivity contribution in [1.29, 1.82) is 0 Å². The SMILES string of the molecule is O=C(O)C=Cc1ccc(NC(=O)c2ccc(=O)[nH]c2)cc1. The number of hydrogen-bond acceptors (Lipinski definition) is 3. The Bertz CT molecular complexity index is 725. The first-order valence-electron chi connectivity index (χ1n) is 6.06. The van der Waals surface area contributed by atoms with Gasteiger partial charge in [-0.1, -0.05) is 12.1 Å². The molecule has 0 atom stereocenters. The van der Waals surface area contributed by atoms with Crippen LogP contribution in [-0.4, -0.2) is 22.0 Å². The molecule has 21 heavy (non-hydrogen) atoms. The summed E-state index contributed by atoms with van der Waals surface area (Å²) < 4.78 is 0. The summed E-state index contributed by atoms with van der Waals surface area (Å²) in [7, 11) is 0. The van der Waals surface area contributed by atoms with Crippen LogP contribution >= 0.6 is 0 Å². The summed E-state index contributed by atoms with van der Waals surface area (Å²) in [5.41, 5.74) is 1.34. The van der Waals surface area contributed by atoms with Gasteiger partial charge < -0.3 is 15.4 Å². The highest BCUT2D eigenvalue weighted by molar-refractivity contribution is 6.04. The monoisotopic (exact) mass is 284 g/mol. The topological polar surface area (TPSA) is 99.3 Å². The zero-order chi connectivity index (χ0) is 15.2. The Hall–Kier alpha value is -3.15. The van der Waals surface area contributed by atoms with Crippen LogP contribution < -0.4 is 10.9 Å². The predicted octanol–water partition coefficient (Wildman–Crippen LogP) is 1.72. The van der Waals surface area contributed by atoms with Gasteiger partial charge >= 0.3 is 5.97 Å². The van der Waals surface area contributed by atoms with Crippen LogP contribution in [0.4, 0.5) is 5.69 Å². The van der Waals surface area contributed by atoms with Crippen molar-refractivity contribution in [2.45, 2.75) is 0 Å². The predicted molar refractivity (Wildman–Crippen MR) is 78.1 cm³/mol. The first-order valence-corrected chi connectivity index (χ1v) is 6.06. The van der Waals surface area contributed by atoms with E-state index < -0.39 is 5.97 Å². The summed E-state index contributed by atoms with van der Waals surface area (Å²) in [6, 6.07) is 9.38. The number of carbonyl (C=O) groups is 2. The molecule has 0 spiro atoms. The number of anilines is 1. The summed E-state index contributed by atoms with van der Waals surface area (Å²) in [5, 5.41) is 11.2. The molecule has 0 saturated heterocycles.